The van der Waals surface area contributed by atoms with Gasteiger partial charge in [0, 0.05) is 17.7 Å². The topological polar surface area (TPSA) is 96.0 Å². The molecule has 2 atom stereocenters. The number of carbonyl (C=O) groups is 2. The molecule has 4 rings (SSSR count). The lowest BCUT2D eigenvalue weighted by Crippen LogP contribution is -2.49. The summed E-state index contributed by atoms with van der Waals surface area (Å²) >= 11 is 1.32. The predicted molar refractivity (Wildman–Crippen MR) is 135 cm³/mol. The van der Waals surface area contributed by atoms with Crippen molar-refractivity contribution in [3.8, 4) is 10.6 Å². The quantitative estimate of drug-likeness (QED) is 0.407. The van der Waals surface area contributed by atoms with E-state index in [9.17, 15) is 9.59 Å². The molecule has 0 radical (unpaired) electrons. The Labute approximate surface area is 203 Å². The van der Waals surface area contributed by atoms with Gasteiger partial charge in [-0.25, -0.2) is 0 Å². The van der Waals surface area contributed by atoms with Crippen molar-refractivity contribution in [2.24, 2.45) is 0 Å². The lowest BCUT2D eigenvalue weighted by atomic mass is 10.0. The molecule has 3 N–H and O–H groups in total. The molecular formula is C26H29N5O2S. The number of hydrogen-bond donors (Lipinski definition) is 3. The minimum absolute atomic E-state index is 0.0144. The average Bonchev–Trinajstić information content (AvgIpc) is 3.35. The van der Waals surface area contributed by atoms with E-state index in [-0.39, 0.29) is 23.9 Å². The van der Waals surface area contributed by atoms with Crippen molar-refractivity contribution in [1.82, 2.24) is 20.8 Å². The van der Waals surface area contributed by atoms with E-state index in [2.05, 4.69) is 38.3 Å². The van der Waals surface area contributed by atoms with Crippen molar-refractivity contribution >= 4 is 28.3 Å². The molecule has 1 unspecified atom stereocenters. The van der Waals surface area contributed by atoms with Crippen molar-refractivity contribution < 1.29 is 9.59 Å². The van der Waals surface area contributed by atoms with E-state index in [0.29, 0.717) is 11.6 Å². The first kappa shape index (κ1) is 23.8. The smallest absolute Gasteiger partial charge is 0.249 e. The third-order valence-electron chi connectivity index (χ3n) is 5.70. The normalized spacial score (nSPS) is 16.8. The van der Waals surface area contributed by atoms with E-state index < -0.39 is 0 Å². The molecule has 0 saturated carbocycles. The maximum absolute atomic E-state index is 12.8. The third-order valence-corrected chi connectivity index (χ3v) is 6.58. The van der Waals surface area contributed by atoms with Crippen LogP contribution in [0.25, 0.3) is 10.6 Å². The van der Waals surface area contributed by atoms with Gasteiger partial charge in [-0.1, -0.05) is 84.5 Å². The second-order valence-corrected chi connectivity index (χ2v) is 9.25. The Hall–Kier alpha value is -3.36. The lowest BCUT2D eigenvalue weighted by molar-refractivity contribution is -0.124. The van der Waals surface area contributed by atoms with Crippen LogP contribution < -0.4 is 16.0 Å². The van der Waals surface area contributed by atoms with Gasteiger partial charge in [-0.15, -0.1) is 10.2 Å². The zero-order chi connectivity index (χ0) is 23.6. The minimum Gasteiger partial charge on any atom is -0.349 e. The fourth-order valence-electron chi connectivity index (χ4n) is 3.86. The molecule has 1 aromatic heterocycles. The summed E-state index contributed by atoms with van der Waals surface area (Å²) in [5.41, 5.74) is 2.15. The highest BCUT2D eigenvalue weighted by atomic mass is 32.1. The molecule has 2 amide bonds. The maximum Gasteiger partial charge on any atom is 0.249 e. The number of aromatic nitrogens is 2. The molecule has 0 bridgehead atoms. The fraction of sp³-hybridized carbons (Fsp3) is 0.308. The first-order valence-corrected chi connectivity index (χ1v) is 12.4. The van der Waals surface area contributed by atoms with Crippen molar-refractivity contribution in [2.75, 3.05) is 11.9 Å². The van der Waals surface area contributed by atoms with Gasteiger partial charge in [-0.05, 0) is 37.8 Å². The van der Waals surface area contributed by atoms with Gasteiger partial charge in [0.1, 0.15) is 5.01 Å². The van der Waals surface area contributed by atoms with Gasteiger partial charge < -0.3 is 10.6 Å². The van der Waals surface area contributed by atoms with Crippen LogP contribution in [0.4, 0.5) is 5.13 Å². The average molecular weight is 476 g/mol. The first-order valence-electron chi connectivity index (χ1n) is 11.6. The molecule has 3 aromatic rings. The number of nitrogens with zero attached hydrogens (tertiary/aromatic N) is 2. The van der Waals surface area contributed by atoms with Gasteiger partial charge in [0.2, 0.25) is 16.9 Å². The van der Waals surface area contributed by atoms with Crippen molar-refractivity contribution in [3.05, 3.63) is 78.4 Å². The molecule has 1 fully saturated rings. The maximum atomic E-state index is 12.8. The number of amides is 2. The Morgan fingerprint density at radius 3 is 2.56 bits per heavy atom. The Balaban J connectivity index is 1.37. The van der Waals surface area contributed by atoms with E-state index in [1.54, 1.807) is 6.08 Å². The van der Waals surface area contributed by atoms with E-state index in [1.165, 1.54) is 23.0 Å². The second-order valence-electron chi connectivity index (χ2n) is 8.27. The van der Waals surface area contributed by atoms with E-state index >= 15 is 0 Å². The molecule has 176 valence electrons. The highest BCUT2D eigenvalue weighted by molar-refractivity contribution is 7.18. The van der Waals surface area contributed by atoms with Crippen LogP contribution in [-0.2, 0) is 16.0 Å². The Morgan fingerprint density at radius 2 is 1.82 bits per heavy atom. The molecule has 1 saturated heterocycles. The number of carbonyl (C=O) groups excluding carboxylic acids is 2. The summed E-state index contributed by atoms with van der Waals surface area (Å²) in [5.74, 6) is -0.315. The number of hydrogen-bond acceptors (Lipinski definition) is 6. The molecule has 7 nitrogen and oxygen atoms in total. The Kier molecular flexibility index (Phi) is 8.54. The zero-order valence-corrected chi connectivity index (χ0v) is 19.8. The molecule has 0 spiro atoms. The number of rotatable bonds is 9. The molecular weight excluding hydrogens is 446 g/mol. The number of benzene rings is 2. The predicted octanol–water partition coefficient (Wildman–Crippen LogP) is 3.96. The van der Waals surface area contributed by atoms with Crippen LogP contribution in [0.5, 0.6) is 0 Å². The summed E-state index contributed by atoms with van der Waals surface area (Å²) in [6.07, 6.45) is 7.70. The first-order chi connectivity index (χ1) is 16.7. The fourth-order valence-corrected chi connectivity index (χ4v) is 4.62. The number of aryl methyl sites for hydroxylation is 1. The summed E-state index contributed by atoms with van der Waals surface area (Å²) in [7, 11) is 0. The molecule has 8 heteroatoms. The van der Waals surface area contributed by atoms with Crippen LogP contribution in [0.2, 0.25) is 0 Å². The summed E-state index contributed by atoms with van der Waals surface area (Å²) in [5, 5.41) is 18.6. The summed E-state index contributed by atoms with van der Waals surface area (Å²) in [6, 6.07) is 19.4. The molecule has 1 aliphatic heterocycles. The van der Waals surface area contributed by atoms with Crippen molar-refractivity contribution in [3.63, 3.8) is 0 Å². The summed E-state index contributed by atoms with van der Waals surface area (Å²) < 4.78 is 0. The van der Waals surface area contributed by atoms with Crippen LogP contribution in [0.3, 0.4) is 0 Å². The highest BCUT2D eigenvalue weighted by Crippen LogP contribution is 2.25. The zero-order valence-electron chi connectivity index (χ0n) is 18.9. The van der Waals surface area contributed by atoms with Gasteiger partial charge in [-0.3, -0.25) is 14.9 Å². The van der Waals surface area contributed by atoms with E-state index in [0.717, 1.165) is 42.8 Å². The Bertz CT molecular complexity index is 1090. The molecule has 2 heterocycles. The molecule has 34 heavy (non-hydrogen) atoms. The van der Waals surface area contributed by atoms with Gasteiger partial charge in [0.05, 0.1) is 6.04 Å². The summed E-state index contributed by atoms with van der Waals surface area (Å²) in [6.45, 7) is 0.859. The van der Waals surface area contributed by atoms with Crippen molar-refractivity contribution in [1.29, 1.82) is 0 Å². The SMILES string of the molecule is O=C(/C=C/[C@H](CCc1ccccc1)NC(=O)C1CCCCN1)Nc1nnc(-c2ccccc2)s1. The number of piperidine rings is 1. The minimum atomic E-state index is -0.300. The second kappa shape index (κ2) is 12.2. The van der Waals surface area contributed by atoms with Crippen LogP contribution >= 0.6 is 11.3 Å². The van der Waals surface area contributed by atoms with Gasteiger partial charge >= 0.3 is 0 Å². The van der Waals surface area contributed by atoms with Gasteiger partial charge in [0.15, 0.2) is 0 Å². The number of anilines is 1. The van der Waals surface area contributed by atoms with E-state index in [1.807, 2.05) is 48.5 Å². The molecule has 0 aliphatic carbocycles. The van der Waals surface area contributed by atoms with Crippen LogP contribution in [0, 0.1) is 0 Å². The monoisotopic (exact) mass is 475 g/mol. The lowest BCUT2D eigenvalue weighted by Gasteiger charge is -2.25. The van der Waals surface area contributed by atoms with Crippen LogP contribution in [0.1, 0.15) is 31.2 Å². The van der Waals surface area contributed by atoms with Gasteiger partial charge in [-0.2, -0.15) is 0 Å². The van der Waals surface area contributed by atoms with Gasteiger partial charge in [0.25, 0.3) is 0 Å². The largest absolute Gasteiger partial charge is 0.349 e. The van der Waals surface area contributed by atoms with Crippen LogP contribution in [0.15, 0.2) is 72.8 Å². The van der Waals surface area contributed by atoms with Crippen LogP contribution in [-0.4, -0.2) is 40.6 Å². The third kappa shape index (κ3) is 7.07. The molecule has 2 aromatic carbocycles. The molecule has 1 aliphatic rings. The van der Waals surface area contributed by atoms with E-state index in [4.69, 9.17) is 0 Å². The number of nitrogens with one attached hydrogen (secondary N) is 3. The Morgan fingerprint density at radius 1 is 1.06 bits per heavy atom. The standard InChI is InChI=1S/C26H29N5O2S/c32-23(29-26-31-30-25(34-26)20-11-5-2-6-12-20)17-16-21(15-14-19-9-3-1-4-10-19)28-24(33)22-13-7-8-18-27-22/h1-6,9-12,16-17,21-22,27H,7-8,13-15,18H2,(H,28,33)(H,29,31,32)/b17-16+/t21-,22?/m0/s1. The highest BCUT2D eigenvalue weighted by Gasteiger charge is 2.22. The summed E-state index contributed by atoms with van der Waals surface area (Å²) in [4.78, 5) is 25.3. The van der Waals surface area contributed by atoms with Crippen molar-refractivity contribution in [2.45, 2.75) is 44.2 Å².